The molecule has 0 amide bonds. The Morgan fingerprint density at radius 2 is 1.89 bits per heavy atom. The lowest BCUT2D eigenvalue weighted by atomic mass is 10.0. The summed E-state index contributed by atoms with van der Waals surface area (Å²) >= 11 is 0. The van der Waals surface area contributed by atoms with Gasteiger partial charge in [0.15, 0.2) is 0 Å². The van der Waals surface area contributed by atoms with E-state index in [2.05, 4.69) is 54.7 Å². The third-order valence-electron chi connectivity index (χ3n) is 3.35. The van der Waals surface area contributed by atoms with Gasteiger partial charge in [-0.25, -0.2) is 0 Å². The molecule has 0 saturated heterocycles. The Hall–Kier alpha value is -1.38. The van der Waals surface area contributed by atoms with Gasteiger partial charge in [0.25, 0.3) is 0 Å². The summed E-state index contributed by atoms with van der Waals surface area (Å²) in [5, 5.41) is 6.16. The van der Waals surface area contributed by atoms with Crippen LogP contribution in [0.5, 0.6) is 0 Å². The molecule has 0 aromatic heterocycles. The van der Waals surface area contributed by atoms with Gasteiger partial charge in [0.2, 0.25) is 0 Å². The Morgan fingerprint density at radius 3 is 2.63 bits per heavy atom. The van der Waals surface area contributed by atoms with Crippen molar-refractivity contribution in [3.8, 4) is 0 Å². The smallest absolute Gasteiger partial charge is 0.0619 e. The molecular weight excluding hydrogens is 234 g/mol. The fourth-order valence-corrected chi connectivity index (χ4v) is 2.39. The van der Waals surface area contributed by atoms with Gasteiger partial charge in [0.1, 0.15) is 0 Å². The van der Waals surface area contributed by atoms with Crippen molar-refractivity contribution in [2.24, 2.45) is 0 Å². The molecule has 0 saturated carbocycles. The lowest BCUT2D eigenvalue weighted by Crippen LogP contribution is -2.35. The molecule has 0 spiro atoms. The Balaban J connectivity index is 2.09. The molecule has 0 aliphatic heterocycles. The number of hydrogen-bond acceptors (Lipinski definition) is 2. The first-order valence-electron chi connectivity index (χ1n) is 7.03. The maximum atomic E-state index is 5.30. The van der Waals surface area contributed by atoms with Gasteiger partial charge in [-0.2, -0.15) is 0 Å². The Bertz CT molecular complexity index is 509. The van der Waals surface area contributed by atoms with Gasteiger partial charge < -0.3 is 10.1 Å². The van der Waals surface area contributed by atoms with Crippen LogP contribution in [0.4, 0.5) is 0 Å². The second kappa shape index (κ2) is 7.27. The molecule has 2 heteroatoms. The quantitative estimate of drug-likeness (QED) is 0.821. The third kappa shape index (κ3) is 4.05. The second-order valence-corrected chi connectivity index (χ2v) is 4.99. The first-order valence-corrected chi connectivity index (χ1v) is 7.03. The van der Waals surface area contributed by atoms with Crippen LogP contribution in [0, 0.1) is 0 Å². The normalized spacial score (nSPS) is 12.7. The lowest BCUT2D eigenvalue weighted by molar-refractivity contribution is 0.166. The average molecular weight is 257 g/mol. The number of benzene rings is 2. The molecule has 2 nitrogen and oxygen atoms in total. The standard InChI is InChI=1S/C17H23NO/c1-3-10-18-17(13-19-2)12-14-8-9-15-6-4-5-7-16(15)11-14/h4-9,11,17-18H,3,10,12-13H2,1-2H3. The molecule has 0 bridgehead atoms. The molecule has 0 aliphatic carbocycles. The SMILES string of the molecule is CCCNC(COC)Cc1ccc2ccccc2c1. The summed E-state index contributed by atoms with van der Waals surface area (Å²) in [6.07, 6.45) is 2.16. The first-order chi connectivity index (χ1) is 9.33. The van der Waals surface area contributed by atoms with Crippen molar-refractivity contribution in [2.75, 3.05) is 20.3 Å². The summed E-state index contributed by atoms with van der Waals surface area (Å²) in [7, 11) is 1.76. The van der Waals surface area contributed by atoms with E-state index in [-0.39, 0.29) is 0 Å². The van der Waals surface area contributed by atoms with Crippen molar-refractivity contribution < 1.29 is 4.74 Å². The van der Waals surface area contributed by atoms with Crippen molar-refractivity contribution >= 4 is 10.8 Å². The van der Waals surface area contributed by atoms with Crippen molar-refractivity contribution in [3.63, 3.8) is 0 Å². The molecule has 0 aliphatic rings. The molecule has 1 N–H and O–H groups in total. The average Bonchev–Trinajstić information content (AvgIpc) is 2.45. The van der Waals surface area contributed by atoms with Crippen molar-refractivity contribution in [1.29, 1.82) is 0 Å². The topological polar surface area (TPSA) is 21.3 Å². The van der Waals surface area contributed by atoms with Crippen molar-refractivity contribution in [2.45, 2.75) is 25.8 Å². The van der Waals surface area contributed by atoms with E-state index in [0.29, 0.717) is 6.04 Å². The van der Waals surface area contributed by atoms with Crippen LogP contribution in [-0.4, -0.2) is 26.3 Å². The van der Waals surface area contributed by atoms with Gasteiger partial charge in [-0.3, -0.25) is 0 Å². The Labute approximate surface area is 115 Å². The minimum Gasteiger partial charge on any atom is -0.383 e. The summed E-state index contributed by atoms with van der Waals surface area (Å²) in [5.41, 5.74) is 1.37. The molecule has 19 heavy (non-hydrogen) atoms. The zero-order chi connectivity index (χ0) is 13.5. The van der Waals surface area contributed by atoms with E-state index in [1.165, 1.54) is 16.3 Å². The van der Waals surface area contributed by atoms with Crippen LogP contribution in [0.1, 0.15) is 18.9 Å². The molecule has 2 aromatic carbocycles. The Morgan fingerprint density at radius 1 is 1.11 bits per heavy atom. The summed E-state index contributed by atoms with van der Waals surface area (Å²) < 4.78 is 5.30. The summed E-state index contributed by atoms with van der Waals surface area (Å²) in [5.74, 6) is 0. The van der Waals surface area contributed by atoms with Gasteiger partial charge in [0.05, 0.1) is 6.61 Å². The molecule has 1 unspecified atom stereocenters. The van der Waals surface area contributed by atoms with Gasteiger partial charge in [-0.1, -0.05) is 49.4 Å². The minimum atomic E-state index is 0.395. The summed E-state index contributed by atoms with van der Waals surface area (Å²) in [6, 6.07) is 15.6. The van der Waals surface area contributed by atoms with Crippen LogP contribution in [0.3, 0.4) is 0 Å². The molecule has 2 aromatic rings. The van der Waals surface area contributed by atoms with Crippen LogP contribution in [0.2, 0.25) is 0 Å². The molecule has 0 radical (unpaired) electrons. The molecule has 1 atom stereocenters. The predicted octanol–water partition coefficient (Wildman–Crippen LogP) is 3.40. The largest absolute Gasteiger partial charge is 0.383 e. The highest BCUT2D eigenvalue weighted by molar-refractivity contribution is 5.82. The highest BCUT2D eigenvalue weighted by Gasteiger charge is 2.08. The number of fused-ring (bicyclic) bond motifs is 1. The number of nitrogens with one attached hydrogen (secondary N) is 1. The fourth-order valence-electron chi connectivity index (χ4n) is 2.39. The molecular formula is C17H23NO. The lowest BCUT2D eigenvalue weighted by Gasteiger charge is -2.18. The number of methoxy groups -OCH3 is 1. The highest BCUT2D eigenvalue weighted by atomic mass is 16.5. The first kappa shape index (κ1) is 14.0. The number of hydrogen-bond donors (Lipinski definition) is 1. The summed E-state index contributed by atoms with van der Waals surface area (Å²) in [4.78, 5) is 0. The molecule has 102 valence electrons. The van der Waals surface area contributed by atoms with E-state index in [4.69, 9.17) is 4.74 Å². The van der Waals surface area contributed by atoms with Crippen LogP contribution in [0.15, 0.2) is 42.5 Å². The molecule has 0 heterocycles. The maximum absolute atomic E-state index is 5.30. The van der Waals surface area contributed by atoms with Gasteiger partial charge in [0, 0.05) is 13.2 Å². The van der Waals surface area contributed by atoms with Crippen molar-refractivity contribution in [3.05, 3.63) is 48.0 Å². The van der Waals surface area contributed by atoms with E-state index in [0.717, 1.165) is 26.0 Å². The monoisotopic (exact) mass is 257 g/mol. The van der Waals surface area contributed by atoms with Gasteiger partial charge in [-0.15, -0.1) is 0 Å². The van der Waals surface area contributed by atoms with E-state index in [1.807, 2.05) is 0 Å². The van der Waals surface area contributed by atoms with E-state index < -0.39 is 0 Å². The van der Waals surface area contributed by atoms with Crippen LogP contribution < -0.4 is 5.32 Å². The van der Waals surface area contributed by atoms with E-state index >= 15 is 0 Å². The third-order valence-corrected chi connectivity index (χ3v) is 3.35. The second-order valence-electron chi connectivity index (χ2n) is 4.99. The van der Waals surface area contributed by atoms with Crippen LogP contribution in [0.25, 0.3) is 10.8 Å². The number of rotatable bonds is 7. The fraction of sp³-hybridized carbons (Fsp3) is 0.412. The minimum absolute atomic E-state index is 0.395. The van der Waals surface area contributed by atoms with Crippen LogP contribution >= 0.6 is 0 Å². The highest BCUT2D eigenvalue weighted by Crippen LogP contribution is 2.16. The summed E-state index contributed by atoms with van der Waals surface area (Å²) in [6.45, 7) is 3.99. The maximum Gasteiger partial charge on any atom is 0.0619 e. The van der Waals surface area contributed by atoms with Gasteiger partial charge >= 0.3 is 0 Å². The predicted molar refractivity (Wildman–Crippen MR) is 81.6 cm³/mol. The van der Waals surface area contributed by atoms with Crippen molar-refractivity contribution in [1.82, 2.24) is 5.32 Å². The molecule has 2 rings (SSSR count). The van der Waals surface area contributed by atoms with E-state index in [9.17, 15) is 0 Å². The number of ether oxygens (including phenoxy) is 1. The zero-order valence-corrected chi connectivity index (χ0v) is 11.9. The van der Waals surface area contributed by atoms with Gasteiger partial charge in [-0.05, 0) is 35.7 Å². The Kier molecular flexibility index (Phi) is 5.37. The molecule has 0 fully saturated rings. The zero-order valence-electron chi connectivity index (χ0n) is 11.9. The van der Waals surface area contributed by atoms with E-state index in [1.54, 1.807) is 7.11 Å². The van der Waals surface area contributed by atoms with Crippen LogP contribution in [-0.2, 0) is 11.2 Å².